The number of nitrogens with zero attached hydrogens (tertiary/aromatic N) is 4. The maximum Gasteiger partial charge on any atom is 0.174 e. The van der Waals surface area contributed by atoms with Crippen molar-refractivity contribution in [3.8, 4) is 5.75 Å². The van der Waals surface area contributed by atoms with Gasteiger partial charge in [0.1, 0.15) is 12.4 Å². The standard InChI is InChI=1S/C27H23N5O/c1-2-6-22(14-18-27-29-31-32-30-27)21(5-1)12-9-20-10-16-25(17-11-20)33-19-24-15-13-23-7-3-4-8-26(23)28-24/h1-13,15-17H,14,18-19H2,(H,29,30,31,32)/b12-9+. The number of hydrogen-bond donors (Lipinski definition) is 1. The van der Waals surface area contributed by atoms with Crippen LogP contribution >= 0.6 is 0 Å². The summed E-state index contributed by atoms with van der Waals surface area (Å²) in [5, 5.41) is 15.3. The molecule has 0 aliphatic heterocycles. The number of rotatable bonds is 8. The highest BCUT2D eigenvalue weighted by atomic mass is 16.5. The second kappa shape index (κ2) is 9.87. The second-order valence-corrected chi connectivity index (χ2v) is 7.71. The number of para-hydroxylation sites is 1. The third kappa shape index (κ3) is 5.30. The highest BCUT2D eigenvalue weighted by molar-refractivity contribution is 5.78. The molecule has 162 valence electrons. The van der Waals surface area contributed by atoms with Crippen molar-refractivity contribution in [1.29, 1.82) is 0 Å². The first-order valence-electron chi connectivity index (χ1n) is 10.9. The van der Waals surface area contributed by atoms with E-state index in [0.717, 1.165) is 46.6 Å². The highest BCUT2D eigenvalue weighted by Crippen LogP contribution is 2.19. The summed E-state index contributed by atoms with van der Waals surface area (Å²) in [6.07, 6.45) is 5.86. The van der Waals surface area contributed by atoms with Gasteiger partial charge in [0.05, 0.1) is 11.2 Å². The molecule has 5 aromatic rings. The fraction of sp³-hybridized carbons (Fsp3) is 0.111. The minimum Gasteiger partial charge on any atom is -0.487 e. The Labute approximate surface area is 192 Å². The molecule has 0 unspecified atom stereocenters. The summed E-state index contributed by atoms with van der Waals surface area (Å²) in [7, 11) is 0. The van der Waals surface area contributed by atoms with Gasteiger partial charge in [-0.25, -0.2) is 4.98 Å². The number of nitrogens with one attached hydrogen (secondary N) is 1. The van der Waals surface area contributed by atoms with E-state index in [0.29, 0.717) is 6.61 Å². The number of benzene rings is 3. The summed E-state index contributed by atoms with van der Waals surface area (Å²) in [5.74, 6) is 1.55. The second-order valence-electron chi connectivity index (χ2n) is 7.71. The molecule has 0 radical (unpaired) electrons. The van der Waals surface area contributed by atoms with Crippen molar-refractivity contribution in [2.45, 2.75) is 19.4 Å². The molecular weight excluding hydrogens is 410 g/mol. The minimum absolute atomic E-state index is 0.438. The zero-order valence-corrected chi connectivity index (χ0v) is 18.1. The van der Waals surface area contributed by atoms with Crippen LogP contribution in [0.15, 0.2) is 84.9 Å². The van der Waals surface area contributed by atoms with E-state index >= 15 is 0 Å². The van der Waals surface area contributed by atoms with Crippen molar-refractivity contribution in [3.05, 3.63) is 113 Å². The fourth-order valence-corrected chi connectivity index (χ4v) is 3.67. The highest BCUT2D eigenvalue weighted by Gasteiger charge is 2.04. The van der Waals surface area contributed by atoms with Gasteiger partial charge in [0.25, 0.3) is 0 Å². The number of ether oxygens (including phenoxy) is 1. The van der Waals surface area contributed by atoms with Crippen molar-refractivity contribution in [2.24, 2.45) is 0 Å². The van der Waals surface area contributed by atoms with Crippen molar-refractivity contribution in [2.75, 3.05) is 0 Å². The Morgan fingerprint density at radius 2 is 1.64 bits per heavy atom. The molecule has 1 N–H and O–H groups in total. The molecule has 0 atom stereocenters. The topological polar surface area (TPSA) is 76.6 Å². The number of hydrogen-bond acceptors (Lipinski definition) is 5. The molecule has 0 aliphatic rings. The van der Waals surface area contributed by atoms with Gasteiger partial charge in [-0.05, 0) is 47.4 Å². The van der Waals surface area contributed by atoms with Crippen LogP contribution in [0, 0.1) is 0 Å². The van der Waals surface area contributed by atoms with Gasteiger partial charge in [0.15, 0.2) is 5.82 Å². The van der Waals surface area contributed by atoms with E-state index in [1.807, 2.05) is 36.4 Å². The fourth-order valence-electron chi connectivity index (χ4n) is 3.67. The van der Waals surface area contributed by atoms with Gasteiger partial charge in [-0.1, -0.05) is 78.0 Å². The third-order valence-corrected chi connectivity index (χ3v) is 5.44. The Hall–Kier alpha value is -4.32. The minimum atomic E-state index is 0.438. The Bertz CT molecular complexity index is 1360. The number of pyridine rings is 1. The number of aromatic amines is 1. The van der Waals surface area contributed by atoms with Crippen LogP contribution in [0.3, 0.4) is 0 Å². The monoisotopic (exact) mass is 433 g/mol. The molecule has 6 nitrogen and oxygen atoms in total. The molecule has 33 heavy (non-hydrogen) atoms. The SMILES string of the molecule is C(=C\c1ccccc1CCc1nn[nH]n1)/c1ccc(OCc2ccc3ccccc3n2)cc1. The molecule has 0 saturated heterocycles. The predicted molar refractivity (Wildman–Crippen MR) is 129 cm³/mol. The lowest BCUT2D eigenvalue weighted by molar-refractivity contribution is 0.302. The van der Waals surface area contributed by atoms with Crippen LogP contribution in [0.5, 0.6) is 5.75 Å². The van der Waals surface area contributed by atoms with Crippen molar-refractivity contribution in [1.82, 2.24) is 25.6 Å². The Balaban J connectivity index is 1.21. The quantitative estimate of drug-likeness (QED) is 0.337. The zero-order chi connectivity index (χ0) is 22.3. The number of tetrazole rings is 1. The molecule has 0 saturated carbocycles. The molecule has 3 aromatic carbocycles. The Kier molecular flexibility index (Phi) is 6.15. The maximum atomic E-state index is 5.94. The van der Waals surface area contributed by atoms with Crippen LogP contribution in [0.25, 0.3) is 23.1 Å². The summed E-state index contributed by atoms with van der Waals surface area (Å²) < 4.78 is 5.94. The molecule has 5 rings (SSSR count). The van der Waals surface area contributed by atoms with Gasteiger partial charge in [-0.3, -0.25) is 0 Å². The van der Waals surface area contributed by atoms with Crippen molar-refractivity contribution < 1.29 is 4.74 Å². The van der Waals surface area contributed by atoms with Crippen LogP contribution in [-0.2, 0) is 19.4 Å². The first-order valence-corrected chi connectivity index (χ1v) is 10.9. The number of aryl methyl sites for hydroxylation is 2. The first kappa shape index (κ1) is 20.6. The van der Waals surface area contributed by atoms with E-state index < -0.39 is 0 Å². The molecule has 0 fully saturated rings. The molecular formula is C27H23N5O. The van der Waals surface area contributed by atoms with Crippen molar-refractivity contribution in [3.63, 3.8) is 0 Å². The van der Waals surface area contributed by atoms with Crippen LogP contribution in [0.2, 0.25) is 0 Å². The van der Waals surface area contributed by atoms with Crippen LogP contribution in [-0.4, -0.2) is 25.6 Å². The molecule has 0 amide bonds. The van der Waals surface area contributed by atoms with Gasteiger partial charge in [-0.2, -0.15) is 5.21 Å². The van der Waals surface area contributed by atoms with E-state index in [1.165, 1.54) is 11.1 Å². The predicted octanol–water partition coefficient (Wildman–Crippen LogP) is 5.28. The smallest absolute Gasteiger partial charge is 0.174 e. The number of fused-ring (bicyclic) bond motifs is 1. The van der Waals surface area contributed by atoms with E-state index in [9.17, 15) is 0 Å². The average molecular weight is 434 g/mol. The van der Waals surface area contributed by atoms with Gasteiger partial charge in [0, 0.05) is 11.8 Å². The largest absolute Gasteiger partial charge is 0.487 e. The van der Waals surface area contributed by atoms with E-state index in [-0.39, 0.29) is 0 Å². The number of H-pyrrole nitrogens is 1. The Morgan fingerprint density at radius 3 is 2.52 bits per heavy atom. The van der Waals surface area contributed by atoms with E-state index in [4.69, 9.17) is 4.74 Å². The van der Waals surface area contributed by atoms with Crippen LogP contribution in [0.4, 0.5) is 0 Å². The third-order valence-electron chi connectivity index (χ3n) is 5.44. The van der Waals surface area contributed by atoms with Crippen LogP contribution in [0.1, 0.15) is 28.2 Å². The molecule has 2 heterocycles. The van der Waals surface area contributed by atoms with Gasteiger partial charge in [-0.15, -0.1) is 10.2 Å². The summed E-state index contributed by atoms with van der Waals surface area (Å²) in [6.45, 7) is 0.438. The molecule has 2 aromatic heterocycles. The Morgan fingerprint density at radius 1 is 0.788 bits per heavy atom. The van der Waals surface area contributed by atoms with E-state index in [2.05, 4.69) is 86.3 Å². The van der Waals surface area contributed by atoms with Gasteiger partial charge in [0.2, 0.25) is 0 Å². The lowest BCUT2D eigenvalue weighted by atomic mass is 10.0. The lowest BCUT2D eigenvalue weighted by Gasteiger charge is -2.07. The molecule has 0 bridgehead atoms. The summed E-state index contributed by atoms with van der Waals surface area (Å²) in [5.41, 5.74) is 5.44. The summed E-state index contributed by atoms with van der Waals surface area (Å²) >= 11 is 0. The van der Waals surface area contributed by atoms with Gasteiger partial charge >= 0.3 is 0 Å². The normalized spacial score (nSPS) is 11.3. The van der Waals surface area contributed by atoms with Gasteiger partial charge < -0.3 is 4.74 Å². The summed E-state index contributed by atoms with van der Waals surface area (Å²) in [4.78, 5) is 4.66. The summed E-state index contributed by atoms with van der Waals surface area (Å²) in [6, 6.07) is 28.6. The van der Waals surface area contributed by atoms with Crippen molar-refractivity contribution >= 4 is 23.1 Å². The maximum absolute atomic E-state index is 5.94. The lowest BCUT2D eigenvalue weighted by Crippen LogP contribution is -1.98. The molecule has 6 heteroatoms. The molecule has 0 spiro atoms. The van der Waals surface area contributed by atoms with E-state index in [1.54, 1.807) is 0 Å². The first-order chi connectivity index (χ1) is 16.3. The molecule has 0 aliphatic carbocycles. The number of aromatic nitrogens is 5. The average Bonchev–Trinajstić information content (AvgIpc) is 3.40. The zero-order valence-electron chi connectivity index (χ0n) is 18.1. The van der Waals surface area contributed by atoms with Crippen LogP contribution < -0.4 is 4.74 Å².